The summed E-state index contributed by atoms with van der Waals surface area (Å²) in [5.74, 6) is 2.74. The van der Waals surface area contributed by atoms with E-state index in [1.54, 1.807) is 28.4 Å². The Kier molecular flexibility index (Phi) is 9.25. The minimum absolute atomic E-state index is 0.0139. The third-order valence-electron chi connectivity index (χ3n) is 7.34. The summed E-state index contributed by atoms with van der Waals surface area (Å²) >= 11 is 0. The van der Waals surface area contributed by atoms with Gasteiger partial charge >= 0.3 is 0 Å². The van der Waals surface area contributed by atoms with Gasteiger partial charge in [0, 0.05) is 18.1 Å². The van der Waals surface area contributed by atoms with Crippen LogP contribution in [0.3, 0.4) is 0 Å². The maximum absolute atomic E-state index is 14.1. The number of carbonyl (C=O) groups excluding carboxylic acids is 1. The fourth-order valence-corrected chi connectivity index (χ4v) is 5.58. The normalized spacial score (nSPS) is 16.3. The lowest BCUT2D eigenvalue weighted by Gasteiger charge is -2.38. The Morgan fingerprint density at radius 2 is 1.50 bits per heavy atom. The molecule has 0 fully saturated rings. The van der Waals surface area contributed by atoms with E-state index in [4.69, 9.17) is 18.9 Å². The SMILES string of the molecule is COc1ccc(CC2c3cc(OC)c(OC)cc3CCCN2C(C(=O)NC(C)(C)C)c2ccccc2)cc1OC. The molecule has 2 atom stereocenters. The molecule has 40 heavy (non-hydrogen) atoms. The Morgan fingerprint density at radius 3 is 2.12 bits per heavy atom. The van der Waals surface area contributed by atoms with Crippen LogP contribution in [0.15, 0.2) is 60.7 Å². The highest BCUT2D eigenvalue weighted by Crippen LogP contribution is 2.43. The van der Waals surface area contributed by atoms with E-state index in [9.17, 15) is 4.79 Å². The van der Waals surface area contributed by atoms with Crippen LogP contribution >= 0.6 is 0 Å². The zero-order chi connectivity index (χ0) is 28.9. The number of fused-ring (bicyclic) bond motifs is 1. The van der Waals surface area contributed by atoms with Crippen LogP contribution in [-0.4, -0.2) is 51.3 Å². The van der Waals surface area contributed by atoms with Gasteiger partial charge in [0.05, 0.1) is 28.4 Å². The van der Waals surface area contributed by atoms with E-state index >= 15 is 0 Å². The van der Waals surface area contributed by atoms with E-state index in [2.05, 4.69) is 28.4 Å². The number of amides is 1. The Balaban J connectivity index is 1.89. The lowest BCUT2D eigenvalue weighted by molar-refractivity contribution is -0.129. The number of rotatable bonds is 9. The molecule has 0 saturated carbocycles. The summed E-state index contributed by atoms with van der Waals surface area (Å²) in [6.07, 6.45) is 2.43. The Labute approximate surface area is 238 Å². The summed E-state index contributed by atoms with van der Waals surface area (Å²) in [6, 6.07) is 19.7. The second-order valence-electron chi connectivity index (χ2n) is 11.2. The highest BCUT2D eigenvalue weighted by Gasteiger charge is 2.37. The summed E-state index contributed by atoms with van der Waals surface area (Å²) in [5, 5.41) is 3.26. The van der Waals surface area contributed by atoms with Gasteiger partial charge in [-0.15, -0.1) is 0 Å². The topological polar surface area (TPSA) is 69.3 Å². The van der Waals surface area contributed by atoms with Crippen molar-refractivity contribution in [1.82, 2.24) is 10.2 Å². The zero-order valence-electron chi connectivity index (χ0n) is 24.7. The molecule has 0 radical (unpaired) electrons. The number of aryl methyl sites for hydroxylation is 1. The predicted octanol–water partition coefficient (Wildman–Crippen LogP) is 5.91. The van der Waals surface area contributed by atoms with Crippen molar-refractivity contribution in [2.24, 2.45) is 0 Å². The molecule has 214 valence electrons. The third kappa shape index (κ3) is 6.53. The van der Waals surface area contributed by atoms with E-state index < -0.39 is 6.04 Å². The van der Waals surface area contributed by atoms with E-state index in [0.717, 1.165) is 36.1 Å². The van der Waals surface area contributed by atoms with Crippen molar-refractivity contribution in [1.29, 1.82) is 0 Å². The molecule has 0 aromatic heterocycles. The van der Waals surface area contributed by atoms with Crippen LogP contribution in [0.4, 0.5) is 0 Å². The predicted molar refractivity (Wildman–Crippen MR) is 158 cm³/mol. The smallest absolute Gasteiger partial charge is 0.242 e. The second-order valence-corrected chi connectivity index (χ2v) is 11.2. The molecule has 3 aromatic carbocycles. The zero-order valence-corrected chi connectivity index (χ0v) is 24.7. The molecule has 3 aromatic rings. The lowest BCUT2D eigenvalue weighted by Crippen LogP contribution is -2.49. The minimum Gasteiger partial charge on any atom is -0.493 e. The maximum atomic E-state index is 14.1. The van der Waals surface area contributed by atoms with Crippen molar-refractivity contribution in [2.75, 3.05) is 35.0 Å². The van der Waals surface area contributed by atoms with Gasteiger partial charge in [0.15, 0.2) is 23.0 Å². The minimum atomic E-state index is -0.482. The van der Waals surface area contributed by atoms with Crippen LogP contribution in [0.5, 0.6) is 23.0 Å². The van der Waals surface area contributed by atoms with Crippen molar-refractivity contribution >= 4 is 5.91 Å². The summed E-state index contributed by atoms with van der Waals surface area (Å²) in [4.78, 5) is 16.4. The molecule has 0 bridgehead atoms. The first-order valence-electron chi connectivity index (χ1n) is 13.8. The molecule has 1 aliphatic rings. The first-order valence-corrected chi connectivity index (χ1v) is 13.8. The number of hydrogen-bond acceptors (Lipinski definition) is 6. The molecule has 0 saturated heterocycles. The van der Waals surface area contributed by atoms with Gasteiger partial charge in [-0.3, -0.25) is 9.69 Å². The average molecular weight is 547 g/mol. The maximum Gasteiger partial charge on any atom is 0.242 e. The molecule has 1 aliphatic heterocycles. The van der Waals surface area contributed by atoms with Crippen LogP contribution in [0.2, 0.25) is 0 Å². The first-order chi connectivity index (χ1) is 19.2. The largest absolute Gasteiger partial charge is 0.493 e. The number of nitrogens with one attached hydrogen (secondary N) is 1. The van der Waals surface area contributed by atoms with Crippen LogP contribution in [-0.2, 0) is 17.6 Å². The standard InChI is InChI=1S/C33H42N2O5/c1-33(2,3)34-32(36)31(23-12-9-8-10-13-23)35-17-11-14-24-20-29(39-6)30(40-7)21-25(24)26(35)18-22-15-16-27(37-4)28(19-22)38-5/h8-10,12-13,15-16,19-21,26,31H,11,14,17-18H2,1-7H3,(H,34,36). The van der Waals surface area contributed by atoms with E-state index in [1.807, 2.05) is 63.2 Å². The quantitative estimate of drug-likeness (QED) is 0.360. The van der Waals surface area contributed by atoms with Crippen LogP contribution in [0.1, 0.15) is 61.5 Å². The first kappa shape index (κ1) is 29.3. The van der Waals surface area contributed by atoms with Gasteiger partial charge in [0.1, 0.15) is 6.04 Å². The summed E-state index contributed by atoms with van der Waals surface area (Å²) < 4.78 is 22.5. The van der Waals surface area contributed by atoms with Gasteiger partial charge in [-0.2, -0.15) is 0 Å². The summed E-state index contributed by atoms with van der Waals surface area (Å²) in [5.41, 5.74) is 4.01. The van der Waals surface area contributed by atoms with Gasteiger partial charge in [-0.25, -0.2) is 0 Å². The van der Waals surface area contributed by atoms with E-state index in [0.29, 0.717) is 29.4 Å². The third-order valence-corrected chi connectivity index (χ3v) is 7.34. The number of benzene rings is 3. The number of carbonyl (C=O) groups is 1. The van der Waals surface area contributed by atoms with Gasteiger partial charge in [-0.1, -0.05) is 36.4 Å². The number of ether oxygens (including phenoxy) is 4. The highest BCUT2D eigenvalue weighted by molar-refractivity contribution is 5.84. The molecular formula is C33H42N2O5. The van der Waals surface area contributed by atoms with Crippen LogP contribution in [0.25, 0.3) is 0 Å². The van der Waals surface area contributed by atoms with Gasteiger partial charge in [0.25, 0.3) is 0 Å². The van der Waals surface area contributed by atoms with Crippen molar-refractivity contribution in [3.63, 3.8) is 0 Å². The highest BCUT2D eigenvalue weighted by atomic mass is 16.5. The fourth-order valence-electron chi connectivity index (χ4n) is 5.58. The number of methoxy groups -OCH3 is 4. The van der Waals surface area contributed by atoms with Gasteiger partial charge < -0.3 is 24.3 Å². The Bertz CT molecular complexity index is 1300. The molecule has 7 nitrogen and oxygen atoms in total. The molecule has 4 rings (SSSR count). The van der Waals surface area contributed by atoms with Crippen molar-refractivity contribution in [2.45, 2.75) is 57.7 Å². The Hall–Kier alpha value is -3.71. The molecule has 0 spiro atoms. The number of hydrogen-bond donors (Lipinski definition) is 1. The number of nitrogens with zero attached hydrogens (tertiary/aromatic N) is 1. The Morgan fingerprint density at radius 1 is 0.875 bits per heavy atom. The molecule has 7 heteroatoms. The molecular weight excluding hydrogens is 504 g/mol. The van der Waals surface area contributed by atoms with Crippen molar-refractivity contribution in [3.05, 3.63) is 82.9 Å². The average Bonchev–Trinajstić information content (AvgIpc) is 3.10. The van der Waals surface area contributed by atoms with Gasteiger partial charge in [0.2, 0.25) is 5.91 Å². The van der Waals surface area contributed by atoms with E-state index in [-0.39, 0.29) is 17.5 Å². The van der Waals surface area contributed by atoms with Gasteiger partial charge in [-0.05, 0) is 86.6 Å². The van der Waals surface area contributed by atoms with Crippen molar-refractivity contribution < 1.29 is 23.7 Å². The van der Waals surface area contributed by atoms with Crippen LogP contribution < -0.4 is 24.3 Å². The van der Waals surface area contributed by atoms with Crippen molar-refractivity contribution in [3.8, 4) is 23.0 Å². The summed E-state index contributed by atoms with van der Waals surface area (Å²) in [7, 11) is 6.61. The molecule has 1 amide bonds. The van der Waals surface area contributed by atoms with Crippen LogP contribution in [0, 0.1) is 0 Å². The second kappa shape index (κ2) is 12.6. The summed E-state index contributed by atoms with van der Waals surface area (Å²) in [6.45, 7) is 6.79. The van der Waals surface area contributed by atoms with E-state index in [1.165, 1.54) is 5.56 Å². The lowest BCUT2D eigenvalue weighted by atomic mass is 9.90. The monoisotopic (exact) mass is 546 g/mol. The molecule has 1 N–H and O–H groups in total. The molecule has 1 heterocycles. The fraction of sp³-hybridized carbons (Fsp3) is 0.424. The molecule has 2 unspecified atom stereocenters. The molecule has 0 aliphatic carbocycles.